The van der Waals surface area contributed by atoms with Crippen molar-refractivity contribution in [2.75, 3.05) is 19.7 Å². The fraction of sp³-hybridized carbons (Fsp3) is 0.538. The lowest BCUT2D eigenvalue weighted by atomic mass is 10.1. The van der Waals surface area contributed by atoms with E-state index < -0.39 is 0 Å². The minimum atomic E-state index is -0.315. The van der Waals surface area contributed by atoms with Crippen molar-refractivity contribution in [3.8, 4) is 0 Å². The summed E-state index contributed by atoms with van der Waals surface area (Å²) in [6.45, 7) is 6.12. The summed E-state index contributed by atoms with van der Waals surface area (Å²) < 4.78 is 0. The van der Waals surface area contributed by atoms with E-state index in [-0.39, 0.29) is 30.1 Å². The van der Waals surface area contributed by atoms with Gasteiger partial charge in [-0.2, -0.15) is 0 Å². The van der Waals surface area contributed by atoms with Crippen LogP contribution in [0.2, 0.25) is 0 Å². The molecule has 0 aliphatic carbocycles. The Kier molecular flexibility index (Phi) is 5.09. The summed E-state index contributed by atoms with van der Waals surface area (Å²) in [6.07, 6.45) is 0.786. The summed E-state index contributed by atoms with van der Waals surface area (Å²) in [5, 5.41) is 8.96. The first-order chi connectivity index (χ1) is 8.51. The van der Waals surface area contributed by atoms with Gasteiger partial charge in [0.15, 0.2) is 5.43 Å². The fourth-order valence-electron chi connectivity index (χ4n) is 1.98. The smallest absolute Gasteiger partial charge is 0.259 e. The van der Waals surface area contributed by atoms with Crippen molar-refractivity contribution in [2.24, 2.45) is 0 Å². The number of aliphatic hydroxyl groups excluding tert-OH is 1. The molecule has 0 aromatic carbocycles. The highest BCUT2D eigenvalue weighted by Crippen LogP contribution is 2.06. The molecule has 0 unspecified atom stereocenters. The summed E-state index contributed by atoms with van der Waals surface area (Å²) >= 11 is 0. The van der Waals surface area contributed by atoms with Crippen molar-refractivity contribution in [1.29, 1.82) is 0 Å². The normalized spacial score (nSPS) is 10.4. The largest absolute Gasteiger partial charge is 0.395 e. The van der Waals surface area contributed by atoms with Crippen LogP contribution in [0.15, 0.2) is 10.9 Å². The molecule has 5 heteroatoms. The molecule has 0 atom stereocenters. The average Bonchev–Trinajstić information content (AvgIpc) is 2.27. The SMILES string of the molecule is CCCN(CCO)C(=O)c1c(C)[nH]c(C)cc1=O. The molecule has 0 aliphatic rings. The Morgan fingerprint density at radius 3 is 2.56 bits per heavy atom. The molecule has 100 valence electrons. The number of nitrogens with one attached hydrogen (secondary N) is 1. The summed E-state index contributed by atoms with van der Waals surface area (Å²) in [5.41, 5.74) is 1.21. The molecule has 0 aliphatic heterocycles. The number of rotatable bonds is 5. The third kappa shape index (κ3) is 3.20. The van der Waals surface area contributed by atoms with Gasteiger partial charge in [0.25, 0.3) is 5.91 Å². The molecule has 0 saturated heterocycles. The van der Waals surface area contributed by atoms with E-state index in [4.69, 9.17) is 5.11 Å². The maximum Gasteiger partial charge on any atom is 0.259 e. The van der Waals surface area contributed by atoms with Crippen LogP contribution in [0, 0.1) is 13.8 Å². The van der Waals surface area contributed by atoms with E-state index in [0.29, 0.717) is 12.2 Å². The Morgan fingerprint density at radius 2 is 2.06 bits per heavy atom. The molecular formula is C13H20N2O3. The van der Waals surface area contributed by atoms with Crippen molar-refractivity contribution >= 4 is 5.91 Å². The van der Waals surface area contributed by atoms with Crippen molar-refractivity contribution in [3.63, 3.8) is 0 Å². The lowest BCUT2D eigenvalue weighted by Gasteiger charge is -2.21. The van der Waals surface area contributed by atoms with E-state index in [1.807, 2.05) is 6.92 Å². The lowest BCUT2D eigenvalue weighted by Crippen LogP contribution is -2.37. The second-order valence-electron chi connectivity index (χ2n) is 4.33. The standard InChI is InChI=1S/C13H20N2O3/c1-4-5-15(6-7-16)13(18)12-10(3)14-9(2)8-11(12)17/h8,16H,4-7H2,1-3H3,(H,14,17). The maximum absolute atomic E-state index is 12.3. The summed E-state index contributed by atoms with van der Waals surface area (Å²) in [4.78, 5) is 28.7. The minimum absolute atomic E-state index is 0.103. The number of aryl methyl sites for hydroxylation is 2. The Labute approximate surface area is 106 Å². The first-order valence-electron chi connectivity index (χ1n) is 6.11. The Hall–Kier alpha value is -1.62. The third-order valence-corrected chi connectivity index (χ3v) is 2.72. The number of hydrogen-bond acceptors (Lipinski definition) is 3. The first-order valence-corrected chi connectivity index (χ1v) is 6.11. The quantitative estimate of drug-likeness (QED) is 0.815. The first kappa shape index (κ1) is 14.4. The third-order valence-electron chi connectivity index (χ3n) is 2.72. The van der Waals surface area contributed by atoms with Crippen LogP contribution in [0.3, 0.4) is 0 Å². The number of pyridine rings is 1. The molecule has 0 spiro atoms. The van der Waals surface area contributed by atoms with Crippen LogP contribution in [-0.2, 0) is 0 Å². The van der Waals surface area contributed by atoms with Crippen molar-refractivity contribution < 1.29 is 9.90 Å². The number of aromatic nitrogens is 1. The number of nitrogens with zero attached hydrogens (tertiary/aromatic N) is 1. The molecule has 2 N–H and O–H groups in total. The highest BCUT2D eigenvalue weighted by atomic mass is 16.3. The van der Waals surface area contributed by atoms with Gasteiger partial charge in [-0.15, -0.1) is 0 Å². The van der Waals surface area contributed by atoms with Crippen molar-refractivity contribution in [2.45, 2.75) is 27.2 Å². The van der Waals surface area contributed by atoms with E-state index >= 15 is 0 Å². The molecule has 1 heterocycles. The lowest BCUT2D eigenvalue weighted by molar-refractivity contribution is 0.0719. The maximum atomic E-state index is 12.3. The molecule has 1 rings (SSSR count). The van der Waals surface area contributed by atoms with Crippen LogP contribution in [0.5, 0.6) is 0 Å². The van der Waals surface area contributed by atoms with Gasteiger partial charge in [0.2, 0.25) is 0 Å². The van der Waals surface area contributed by atoms with Crippen LogP contribution in [0.1, 0.15) is 35.1 Å². The van der Waals surface area contributed by atoms with Crippen LogP contribution in [0.4, 0.5) is 0 Å². The predicted octanol–water partition coefficient (Wildman–Crippen LogP) is 0.836. The number of amides is 1. The molecule has 0 bridgehead atoms. The van der Waals surface area contributed by atoms with Gasteiger partial charge in [-0.05, 0) is 20.3 Å². The topological polar surface area (TPSA) is 73.4 Å². The van der Waals surface area contributed by atoms with Gasteiger partial charge in [0.05, 0.1) is 6.61 Å². The van der Waals surface area contributed by atoms with Crippen LogP contribution in [-0.4, -0.2) is 40.6 Å². The van der Waals surface area contributed by atoms with Crippen molar-refractivity contribution in [3.05, 3.63) is 33.2 Å². The number of aliphatic hydroxyl groups is 1. The molecule has 1 amide bonds. The summed E-state index contributed by atoms with van der Waals surface area (Å²) in [7, 11) is 0. The number of aromatic amines is 1. The van der Waals surface area contributed by atoms with E-state index in [9.17, 15) is 9.59 Å². The van der Waals surface area contributed by atoms with E-state index in [1.54, 1.807) is 13.8 Å². The number of carbonyl (C=O) groups excluding carboxylic acids is 1. The molecule has 1 aromatic heterocycles. The zero-order valence-electron chi connectivity index (χ0n) is 11.1. The van der Waals surface area contributed by atoms with Gasteiger partial charge in [-0.25, -0.2) is 0 Å². The van der Waals surface area contributed by atoms with E-state index in [1.165, 1.54) is 11.0 Å². The number of hydrogen-bond donors (Lipinski definition) is 2. The number of H-pyrrole nitrogens is 1. The van der Waals surface area contributed by atoms with Crippen LogP contribution < -0.4 is 5.43 Å². The zero-order valence-corrected chi connectivity index (χ0v) is 11.1. The fourth-order valence-corrected chi connectivity index (χ4v) is 1.98. The van der Waals surface area contributed by atoms with Crippen LogP contribution >= 0.6 is 0 Å². The van der Waals surface area contributed by atoms with Gasteiger partial charge in [0, 0.05) is 30.5 Å². The molecule has 5 nitrogen and oxygen atoms in total. The zero-order chi connectivity index (χ0) is 13.7. The van der Waals surface area contributed by atoms with Crippen molar-refractivity contribution in [1.82, 2.24) is 9.88 Å². The van der Waals surface area contributed by atoms with Gasteiger partial charge < -0.3 is 15.0 Å². The second-order valence-corrected chi connectivity index (χ2v) is 4.33. The van der Waals surface area contributed by atoms with E-state index in [0.717, 1.165) is 12.1 Å². The summed E-state index contributed by atoms with van der Waals surface area (Å²) in [5.74, 6) is -0.315. The predicted molar refractivity (Wildman–Crippen MR) is 69.8 cm³/mol. The molecule has 1 aromatic rings. The second kappa shape index (κ2) is 6.35. The summed E-state index contributed by atoms with van der Waals surface area (Å²) in [6, 6.07) is 1.42. The van der Waals surface area contributed by atoms with Gasteiger partial charge in [-0.1, -0.05) is 6.92 Å². The highest BCUT2D eigenvalue weighted by molar-refractivity contribution is 5.95. The molecule has 18 heavy (non-hydrogen) atoms. The minimum Gasteiger partial charge on any atom is -0.395 e. The molecule has 0 fully saturated rings. The monoisotopic (exact) mass is 252 g/mol. The van der Waals surface area contributed by atoms with Gasteiger partial charge in [-0.3, -0.25) is 9.59 Å². The van der Waals surface area contributed by atoms with E-state index in [2.05, 4.69) is 4.98 Å². The van der Waals surface area contributed by atoms with Crippen LogP contribution in [0.25, 0.3) is 0 Å². The molecule has 0 radical (unpaired) electrons. The van der Waals surface area contributed by atoms with Gasteiger partial charge >= 0.3 is 0 Å². The average molecular weight is 252 g/mol. The highest BCUT2D eigenvalue weighted by Gasteiger charge is 2.20. The molecule has 0 saturated carbocycles. The molecular weight excluding hydrogens is 232 g/mol. The van der Waals surface area contributed by atoms with Gasteiger partial charge in [0.1, 0.15) is 5.56 Å². The Bertz CT molecular complexity index is 474. The number of carbonyl (C=O) groups is 1. The Morgan fingerprint density at radius 1 is 1.39 bits per heavy atom. The Balaban J connectivity index is 3.12.